The molecule has 2 heterocycles. The number of likely N-dealkylation sites (N-methyl/N-ethyl adjacent to an activating group) is 1. The Labute approximate surface area is 281 Å². The molecule has 1 aliphatic rings. The Morgan fingerprint density at radius 1 is 0.854 bits per heavy atom. The number of carbonyl (C=O) groups is 1. The van der Waals surface area contributed by atoms with Gasteiger partial charge in [-0.05, 0) is 50.6 Å². The lowest BCUT2D eigenvalue weighted by Crippen LogP contribution is -2.44. The van der Waals surface area contributed by atoms with Crippen molar-refractivity contribution < 1.29 is 28.5 Å². The number of aryl methyl sites for hydroxylation is 2. The summed E-state index contributed by atoms with van der Waals surface area (Å²) in [6.45, 7) is 9.60. The Morgan fingerprint density at radius 2 is 1.54 bits per heavy atom. The van der Waals surface area contributed by atoms with Crippen molar-refractivity contribution in [3.63, 3.8) is 0 Å². The number of aromatic nitrogens is 2. The predicted octanol–water partition coefficient (Wildman–Crippen LogP) is 5.92. The molecule has 12 nitrogen and oxygen atoms in total. The molecule has 0 saturated carbocycles. The zero-order valence-electron chi connectivity index (χ0n) is 28.5. The van der Waals surface area contributed by atoms with Gasteiger partial charge in [-0.2, -0.15) is 4.98 Å². The van der Waals surface area contributed by atoms with Crippen LogP contribution in [-0.2, 0) is 0 Å². The third-order valence-electron chi connectivity index (χ3n) is 8.17. The van der Waals surface area contributed by atoms with E-state index in [9.17, 15) is 4.79 Å². The molecule has 12 heteroatoms. The topological polar surface area (TPSA) is 120 Å². The summed E-state index contributed by atoms with van der Waals surface area (Å²) in [6.07, 6.45) is 2.30. The van der Waals surface area contributed by atoms with E-state index < -0.39 is 5.91 Å². The molecule has 3 aromatic carbocycles. The minimum Gasteiger partial charge on any atom is -0.493 e. The van der Waals surface area contributed by atoms with Crippen molar-refractivity contribution in [2.75, 3.05) is 78.3 Å². The van der Waals surface area contributed by atoms with Crippen LogP contribution in [0.1, 0.15) is 27.9 Å². The first-order valence-electron chi connectivity index (χ1n) is 15.9. The van der Waals surface area contributed by atoms with Crippen molar-refractivity contribution in [1.82, 2.24) is 19.8 Å². The molecule has 1 amide bonds. The molecule has 0 unspecified atom stereocenters. The molecule has 0 atom stereocenters. The highest BCUT2D eigenvalue weighted by molar-refractivity contribution is 6.06. The largest absolute Gasteiger partial charge is 0.493 e. The molecular formula is C36H44N6O6. The van der Waals surface area contributed by atoms with E-state index in [1.54, 1.807) is 39.5 Å². The minimum atomic E-state index is -0.415. The van der Waals surface area contributed by atoms with Crippen molar-refractivity contribution in [2.24, 2.45) is 0 Å². The van der Waals surface area contributed by atoms with E-state index in [1.807, 2.05) is 50.2 Å². The van der Waals surface area contributed by atoms with Crippen molar-refractivity contribution in [3.8, 4) is 34.6 Å². The number of hydrogen-bond acceptors (Lipinski definition) is 11. The maximum absolute atomic E-state index is 13.6. The lowest BCUT2D eigenvalue weighted by atomic mass is 10.1. The summed E-state index contributed by atoms with van der Waals surface area (Å²) in [5.41, 5.74) is 3.32. The number of amides is 1. The number of anilines is 3. The Bertz CT molecular complexity index is 1690. The first-order chi connectivity index (χ1) is 23.3. The normalized spacial score (nSPS) is 13.5. The fourth-order valence-corrected chi connectivity index (χ4v) is 5.44. The molecule has 1 aliphatic heterocycles. The third-order valence-corrected chi connectivity index (χ3v) is 8.17. The van der Waals surface area contributed by atoms with Gasteiger partial charge in [0, 0.05) is 62.4 Å². The molecular weight excluding hydrogens is 612 g/mol. The highest BCUT2D eigenvalue weighted by atomic mass is 16.5. The average molecular weight is 657 g/mol. The van der Waals surface area contributed by atoms with Crippen LogP contribution in [-0.4, -0.2) is 93.4 Å². The number of piperazine rings is 1. The average Bonchev–Trinajstić information content (AvgIpc) is 3.09. The van der Waals surface area contributed by atoms with Crippen molar-refractivity contribution in [2.45, 2.75) is 20.3 Å². The monoisotopic (exact) mass is 656 g/mol. The van der Waals surface area contributed by atoms with Crippen LogP contribution < -0.4 is 34.3 Å². The van der Waals surface area contributed by atoms with Crippen molar-refractivity contribution in [3.05, 3.63) is 77.5 Å². The van der Waals surface area contributed by atoms with Crippen LogP contribution in [0.25, 0.3) is 0 Å². The molecule has 0 aliphatic carbocycles. The smallest absolute Gasteiger partial charge is 0.262 e. The lowest BCUT2D eigenvalue weighted by molar-refractivity contribution is 0.102. The van der Waals surface area contributed by atoms with Crippen LogP contribution in [0.5, 0.6) is 34.6 Å². The highest BCUT2D eigenvalue weighted by Gasteiger charge is 2.21. The quantitative estimate of drug-likeness (QED) is 0.157. The summed E-state index contributed by atoms with van der Waals surface area (Å²) in [4.78, 5) is 27.5. The predicted molar refractivity (Wildman–Crippen MR) is 186 cm³/mol. The summed E-state index contributed by atoms with van der Waals surface area (Å²) < 4.78 is 29.2. The van der Waals surface area contributed by atoms with Gasteiger partial charge >= 0.3 is 0 Å². The van der Waals surface area contributed by atoms with E-state index >= 15 is 0 Å². The lowest BCUT2D eigenvalue weighted by Gasteiger charge is -2.32. The zero-order valence-corrected chi connectivity index (χ0v) is 28.5. The van der Waals surface area contributed by atoms with Crippen molar-refractivity contribution in [1.29, 1.82) is 0 Å². The summed E-state index contributed by atoms with van der Waals surface area (Å²) >= 11 is 0. The maximum atomic E-state index is 13.6. The second-order valence-corrected chi connectivity index (χ2v) is 11.6. The van der Waals surface area contributed by atoms with Crippen LogP contribution in [0.4, 0.5) is 17.3 Å². The van der Waals surface area contributed by atoms with E-state index in [0.29, 0.717) is 46.7 Å². The summed E-state index contributed by atoms with van der Waals surface area (Å²) in [5.74, 6) is 2.19. The fraction of sp³-hybridized carbons (Fsp3) is 0.361. The molecule has 48 heavy (non-hydrogen) atoms. The molecule has 1 fully saturated rings. The van der Waals surface area contributed by atoms with Gasteiger partial charge in [-0.1, -0.05) is 30.3 Å². The van der Waals surface area contributed by atoms with E-state index in [-0.39, 0.29) is 17.4 Å². The Morgan fingerprint density at radius 3 is 2.23 bits per heavy atom. The Kier molecular flexibility index (Phi) is 11.5. The number of benzene rings is 3. The van der Waals surface area contributed by atoms with Gasteiger partial charge in [0.15, 0.2) is 23.0 Å². The van der Waals surface area contributed by atoms with Crippen LogP contribution in [0.3, 0.4) is 0 Å². The first kappa shape index (κ1) is 34.3. The van der Waals surface area contributed by atoms with Gasteiger partial charge in [-0.3, -0.25) is 4.79 Å². The number of rotatable bonds is 14. The standard InChI is InChI=1S/C36H44N6O6/c1-24-11-9-12-25(2)32(24)39-34(43)27-23-37-36(40-35(27)48-29-14-8-7-13-28(29)44-4)38-26-21-30(45-5)33(46-6)31(22-26)47-20-10-15-42-18-16-41(3)17-19-42/h7-9,11-14,21-23H,10,15-20H2,1-6H3,(H,39,43)(H,37,38,40). The SMILES string of the molecule is COc1ccccc1Oc1nc(Nc2cc(OC)c(OC)c(OCCCN3CCN(C)CC3)c2)ncc1C(=O)Nc1c(C)cccc1C. The van der Waals surface area contributed by atoms with E-state index in [2.05, 4.69) is 37.4 Å². The number of methoxy groups -OCH3 is 3. The number of hydrogen-bond donors (Lipinski definition) is 2. The van der Waals surface area contributed by atoms with Gasteiger partial charge in [-0.15, -0.1) is 0 Å². The van der Waals surface area contributed by atoms with Crippen LogP contribution in [0.2, 0.25) is 0 Å². The molecule has 4 aromatic rings. The number of nitrogens with one attached hydrogen (secondary N) is 2. The molecule has 254 valence electrons. The third kappa shape index (κ3) is 8.44. The molecule has 0 radical (unpaired) electrons. The molecule has 0 spiro atoms. The van der Waals surface area contributed by atoms with Crippen LogP contribution in [0, 0.1) is 13.8 Å². The first-order valence-corrected chi connectivity index (χ1v) is 15.9. The number of carbonyl (C=O) groups excluding carboxylic acids is 1. The van der Waals surface area contributed by atoms with Gasteiger partial charge < -0.3 is 44.1 Å². The summed E-state index contributed by atoms with van der Waals surface area (Å²) in [5, 5.41) is 6.21. The maximum Gasteiger partial charge on any atom is 0.262 e. The fourth-order valence-electron chi connectivity index (χ4n) is 5.44. The number of nitrogens with zero attached hydrogens (tertiary/aromatic N) is 4. The minimum absolute atomic E-state index is 0.0431. The van der Waals surface area contributed by atoms with Gasteiger partial charge in [0.25, 0.3) is 5.91 Å². The number of para-hydroxylation sites is 3. The van der Waals surface area contributed by atoms with Crippen LogP contribution in [0.15, 0.2) is 60.8 Å². The summed E-state index contributed by atoms with van der Waals surface area (Å²) in [6, 6.07) is 16.5. The molecule has 1 saturated heterocycles. The highest BCUT2D eigenvalue weighted by Crippen LogP contribution is 2.41. The molecule has 2 N–H and O–H groups in total. The Hall–Kier alpha value is -5.07. The van der Waals surface area contributed by atoms with Gasteiger partial charge in [0.2, 0.25) is 17.6 Å². The van der Waals surface area contributed by atoms with E-state index in [4.69, 9.17) is 23.7 Å². The van der Waals surface area contributed by atoms with E-state index in [0.717, 1.165) is 50.3 Å². The zero-order chi connectivity index (χ0) is 34.0. The summed E-state index contributed by atoms with van der Waals surface area (Å²) in [7, 11) is 6.85. The molecule has 1 aromatic heterocycles. The van der Waals surface area contributed by atoms with Crippen molar-refractivity contribution >= 4 is 23.2 Å². The van der Waals surface area contributed by atoms with Gasteiger partial charge in [0.05, 0.1) is 27.9 Å². The second kappa shape index (κ2) is 16.2. The molecule has 0 bridgehead atoms. The Balaban J connectivity index is 1.39. The number of ether oxygens (including phenoxy) is 5. The van der Waals surface area contributed by atoms with Gasteiger partial charge in [-0.25, -0.2) is 4.98 Å². The van der Waals surface area contributed by atoms with Crippen LogP contribution >= 0.6 is 0 Å². The van der Waals surface area contributed by atoms with Gasteiger partial charge in [0.1, 0.15) is 5.56 Å². The van der Waals surface area contributed by atoms with E-state index in [1.165, 1.54) is 6.20 Å². The second-order valence-electron chi connectivity index (χ2n) is 11.6. The molecule has 5 rings (SSSR count).